The van der Waals surface area contributed by atoms with Gasteiger partial charge in [0.1, 0.15) is 0 Å². The molecule has 0 spiro atoms. The first-order chi connectivity index (χ1) is 6.38. The van der Waals surface area contributed by atoms with E-state index in [1.165, 1.54) is 0 Å². The average molecular weight is 228 g/mol. The van der Waals surface area contributed by atoms with Crippen molar-refractivity contribution >= 4 is 17.3 Å². The standard InChI is InChI=1S/C8H6ClF4N/c9-3-4-5(8(11,12)13)1-2-6(14)7(4)10/h1-2H,3,14H2. The number of hydrogen-bond donors (Lipinski definition) is 1. The van der Waals surface area contributed by atoms with Crippen molar-refractivity contribution in [2.24, 2.45) is 0 Å². The third-order valence-electron chi connectivity index (χ3n) is 1.71. The highest BCUT2D eigenvalue weighted by atomic mass is 35.5. The Hall–Kier alpha value is -0.970. The quantitative estimate of drug-likeness (QED) is 0.445. The van der Waals surface area contributed by atoms with Crippen LogP contribution in [0.25, 0.3) is 0 Å². The maximum Gasteiger partial charge on any atom is 0.416 e. The van der Waals surface area contributed by atoms with E-state index >= 15 is 0 Å². The third-order valence-corrected chi connectivity index (χ3v) is 1.98. The van der Waals surface area contributed by atoms with E-state index in [4.69, 9.17) is 17.3 Å². The molecule has 0 aliphatic carbocycles. The number of rotatable bonds is 1. The molecule has 14 heavy (non-hydrogen) atoms. The molecular weight excluding hydrogens is 222 g/mol. The van der Waals surface area contributed by atoms with Crippen LogP contribution < -0.4 is 5.73 Å². The van der Waals surface area contributed by atoms with Crippen LogP contribution in [0.15, 0.2) is 12.1 Å². The molecule has 0 radical (unpaired) electrons. The molecule has 0 aliphatic heterocycles. The highest BCUT2D eigenvalue weighted by molar-refractivity contribution is 6.17. The van der Waals surface area contributed by atoms with E-state index in [9.17, 15) is 17.6 Å². The molecule has 0 saturated carbocycles. The Morgan fingerprint density at radius 1 is 1.29 bits per heavy atom. The van der Waals surface area contributed by atoms with Gasteiger partial charge in [0.15, 0.2) is 5.82 Å². The molecule has 0 amide bonds. The SMILES string of the molecule is Nc1ccc(C(F)(F)F)c(CCl)c1F. The monoisotopic (exact) mass is 227 g/mol. The number of benzene rings is 1. The van der Waals surface area contributed by atoms with Crippen molar-refractivity contribution in [3.05, 3.63) is 29.1 Å². The number of hydrogen-bond acceptors (Lipinski definition) is 1. The lowest BCUT2D eigenvalue weighted by Crippen LogP contribution is -2.11. The normalized spacial score (nSPS) is 11.8. The number of anilines is 1. The van der Waals surface area contributed by atoms with Crippen LogP contribution in [0, 0.1) is 5.82 Å². The molecule has 2 N–H and O–H groups in total. The smallest absolute Gasteiger partial charge is 0.396 e. The van der Waals surface area contributed by atoms with Crippen molar-refractivity contribution in [3.8, 4) is 0 Å². The van der Waals surface area contributed by atoms with Gasteiger partial charge in [0, 0.05) is 5.56 Å². The molecular formula is C8H6ClF4N. The fraction of sp³-hybridized carbons (Fsp3) is 0.250. The number of alkyl halides is 4. The minimum Gasteiger partial charge on any atom is -0.396 e. The van der Waals surface area contributed by atoms with Crippen LogP contribution in [-0.4, -0.2) is 0 Å². The molecule has 0 fully saturated rings. The molecule has 6 heteroatoms. The largest absolute Gasteiger partial charge is 0.416 e. The highest BCUT2D eigenvalue weighted by Gasteiger charge is 2.34. The van der Waals surface area contributed by atoms with Gasteiger partial charge in [0.2, 0.25) is 0 Å². The van der Waals surface area contributed by atoms with Crippen LogP contribution in [0.2, 0.25) is 0 Å². The second kappa shape index (κ2) is 3.65. The van der Waals surface area contributed by atoms with Crippen molar-refractivity contribution in [3.63, 3.8) is 0 Å². The van der Waals surface area contributed by atoms with Gasteiger partial charge in [-0.25, -0.2) is 4.39 Å². The molecule has 1 aromatic carbocycles. The number of nitrogen functional groups attached to an aromatic ring is 1. The van der Waals surface area contributed by atoms with Crippen LogP contribution in [0.1, 0.15) is 11.1 Å². The first kappa shape index (κ1) is 11.1. The lowest BCUT2D eigenvalue weighted by Gasteiger charge is -2.12. The van der Waals surface area contributed by atoms with Gasteiger partial charge in [-0.1, -0.05) is 0 Å². The molecule has 0 atom stereocenters. The molecule has 0 bridgehead atoms. The molecule has 0 saturated heterocycles. The van der Waals surface area contributed by atoms with Gasteiger partial charge in [0.25, 0.3) is 0 Å². The molecule has 1 aromatic rings. The molecule has 0 aliphatic rings. The lowest BCUT2D eigenvalue weighted by molar-refractivity contribution is -0.138. The van der Waals surface area contributed by atoms with Crippen molar-refractivity contribution in [2.75, 3.05) is 5.73 Å². The van der Waals surface area contributed by atoms with E-state index in [1.807, 2.05) is 0 Å². The van der Waals surface area contributed by atoms with Gasteiger partial charge < -0.3 is 5.73 Å². The minimum atomic E-state index is -4.61. The summed E-state index contributed by atoms with van der Waals surface area (Å²) in [5.41, 5.74) is 3.07. The highest BCUT2D eigenvalue weighted by Crippen LogP contribution is 2.35. The maximum atomic E-state index is 13.1. The van der Waals surface area contributed by atoms with E-state index in [1.54, 1.807) is 0 Å². The van der Waals surface area contributed by atoms with Crippen LogP contribution in [0.3, 0.4) is 0 Å². The summed E-state index contributed by atoms with van der Waals surface area (Å²) in [6.45, 7) is 0. The van der Waals surface area contributed by atoms with Crippen molar-refractivity contribution in [1.29, 1.82) is 0 Å². The van der Waals surface area contributed by atoms with E-state index < -0.39 is 29.0 Å². The molecule has 0 unspecified atom stereocenters. The average Bonchev–Trinajstić information content (AvgIpc) is 2.07. The topological polar surface area (TPSA) is 26.0 Å². The predicted molar refractivity (Wildman–Crippen MR) is 45.4 cm³/mol. The number of halogens is 5. The predicted octanol–water partition coefficient (Wildman–Crippen LogP) is 3.17. The molecule has 1 nitrogen and oxygen atoms in total. The fourth-order valence-electron chi connectivity index (χ4n) is 1.04. The van der Waals surface area contributed by atoms with Gasteiger partial charge in [-0.3, -0.25) is 0 Å². The Morgan fingerprint density at radius 2 is 1.86 bits per heavy atom. The summed E-state index contributed by atoms with van der Waals surface area (Å²) < 4.78 is 49.9. The Kier molecular flexibility index (Phi) is 2.89. The maximum absolute atomic E-state index is 13.1. The van der Waals surface area contributed by atoms with E-state index in [0.717, 1.165) is 12.1 Å². The van der Waals surface area contributed by atoms with Gasteiger partial charge in [0.05, 0.1) is 17.1 Å². The summed E-state index contributed by atoms with van der Waals surface area (Å²) in [7, 11) is 0. The summed E-state index contributed by atoms with van der Waals surface area (Å²) in [6.07, 6.45) is -4.61. The molecule has 0 aromatic heterocycles. The Bertz CT molecular complexity index is 348. The molecule has 78 valence electrons. The Morgan fingerprint density at radius 3 is 2.29 bits per heavy atom. The van der Waals surface area contributed by atoms with Crippen LogP contribution in [0.5, 0.6) is 0 Å². The summed E-state index contributed by atoms with van der Waals surface area (Å²) in [4.78, 5) is 0. The van der Waals surface area contributed by atoms with Gasteiger partial charge in [-0.05, 0) is 12.1 Å². The second-order valence-corrected chi connectivity index (χ2v) is 2.89. The first-order valence-corrected chi connectivity index (χ1v) is 4.11. The van der Waals surface area contributed by atoms with Crippen molar-refractivity contribution in [1.82, 2.24) is 0 Å². The second-order valence-electron chi connectivity index (χ2n) is 2.63. The lowest BCUT2D eigenvalue weighted by atomic mass is 10.1. The minimum absolute atomic E-state index is 0.339. The zero-order valence-corrected chi connectivity index (χ0v) is 7.58. The zero-order chi connectivity index (χ0) is 10.9. The summed E-state index contributed by atoms with van der Waals surface area (Å²) in [5.74, 6) is -1.67. The van der Waals surface area contributed by atoms with Gasteiger partial charge in [-0.15, -0.1) is 11.6 Å². The third kappa shape index (κ3) is 1.92. The van der Waals surface area contributed by atoms with Gasteiger partial charge in [-0.2, -0.15) is 13.2 Å². The molecule has 1 rings (SSSR count). The Labute approximate surface area is 82.5 Å². The fourth-order valence-corrected chi connectivity index (χ4v) is 1.30. The summed E-state index contributed by atoms with van der Waals surface area (Å²) in [5, 5.41) is 0. The summed E-state index contributed by atoms with van der Waals surface area (Å²) >= 11 is 5.22. The van der Waals surface area contributed by atoms with Gasteiger partial charge >= 0.3 is 6.18 Å². The van der Waals surface area contributed by atoms with Crippen LogP contribution in [0.4, 0.5) is 23.2 Å². The summed E-state index contributed by atoms with van der Waals surface area (Å²) in [6, 6.07) is 1.59. The van der Waals surface area contributed by atoms with E-state index in [2.05, 4.69) is 0 Å². The molecule has 0 heterocycles. The van der Waals surface area contributed by atoms with E-state index in [0.29, 0.717) is 0 Å². The van der Waals surface area contributed by atoms with Crippen molar-refractivity contribution < 1.29 is 17.6 Å². The van der Waals surface area contributed by atoms with Crippen molar-refractivity contribution in [2.45, 2.75) is 12.1 Å². The Balaban J connectivity index is 3.39. The van der Waals surface area contributed by atoms with Crippen LogP contribution in [-0.2, 0) is 12.1 Å². The number of nitrogens with two attached hydrogens (primary N) is 1. The first-order valence-electron chi connectivity index (χ1n) is 3.58. The van der Waals surface area contributed by atoms with Crippen LogP contribution >= 0.6 is 11.6 Å². The zero-order valence-electron chi connectivity index (χ0n) is 6.83. The van der Waals surface area contributed by atoms with E-state index in [-0.39, 0.29) is 5.69 Å².